The summed E-state index contributed by atoms with van der Waals surface area (Å²) in [5.74, 6) is -1.05. The van der Waals surface area contributed by atoms with Crippen LogP contribution in [0.4, 0.5) is 13.2 Å². The highest BCUT2D eigenvalue weighted by Crippen LogP contribution is 2.32. The van der Waals surface area contributed by atoms with Gasteiger partial charge in [-0.1, -0.05) is 18.2 Å². The number of aromatic nitrogens is 1. The highest BCUT2D eigenvalue weighted by Gasteiger charge is 2.17. The predicted octanol–water partition coefficient (Wildman–Crippen LogP) is 4.48. The van der Waals surface area contributed by atoms with Crippen LogP contribution in [0.1, 0.15) is 15.9 Å². The summed E-state index contributed by atoms with van der Waals surface area (Å²) in [6.07, 6.45) is 0. The van der Waals surface area contributed by atoms with Crippen LogP contribution in [0.5, 0.6) is 5.75 Å². The zero-order chi connectivity index (χ0) is 19.8. The third kappa shape index (κ3) is 3.15. The van der Waals surface area contributed by atoms with Crippen molar-refractivity contribution in [2.45, 2.75) is 13.2 Å². The summed E-state index contributed by atoms with van der Waals surface area (Å²) in [7, 11) is 0. The van der Waals surface area contributed by atoms with Gasteiger partial charge < -0.3 is 15.0 Å². The van der Waals surface area contributed by atoms with Crippen LogP contribution < -0.4 is 10.5 Å². The van der Waals surface area contributed by atoms with Gasteiger partial charge in [-0.2, -0.15) is 8.78 Å². The summed E-state index contributed by atoms with van der Waals surface area (Å²) < 4.78 is 45.1. The van der Waals surface area contributed by atoms with E-state index in [0.717, 1.165) is 0 Å². The summed E-state index contributed by atoms with van der Waals surface area (Å²) in [5, 5.41) is 1.13. The maximum absolute atomic E-state index is 13.9. The largest absolute Gasteiger partial charge is 0.435 e. The first-order valence-corrected chi connectivity index (χ1v) is 8.40. The van der Waals surface area contributed by atoms with E-state index in [1.807, 2.05) is 0 Å². The lowest BCUT2D eigenvalue weighted by molar-refractivity contribution is -0.0498. The first-order valence-electron chi connectivity index (χ1n) is 8.40. The number of ether oxygens (including phenoxy) is 1. The molecule has 3 aromatic carbocycles. The molecule has 0 aliphatic heterocycles. The van der Waals surface area contributed by atoms with E-state index in [0.29, 0.717) is 32.9 Å². The number of nitrogens with zero attached hydrogens (tertiary/aromatic N) is 1. The summed E-state index contributed by atoms with van der Waals surface area (Å²) in [4.78, 5) is 11.9. The number of rotatable bonds is 5. The van der Waals surface area contributed by atoms with E-state index in [1.165, 1.54) is 24.3 Å². The van der Waals surface area contributed by atoms with E-state index in [1.54, 1.807) is 34.9 Å². The van der Waals surface area contributed by atoms with Crippen molar-refractivity contribution in [3.63, 3.8) is 0 Å². The van der Waals surface area contributed by atoms with Crippen LogP contribution >= 0.6 is 0 Å². The van der Waals surface area contributed by atoms with Gasteiger partial charge in [-0.25, -0.2) is 4.39 Å². The molecule has 1 amide bonds. The van der Waals surface area contributed by atoms with Crippen molar-refractivity contribution >= 4 is 27.7 Å². The smallest absolute Gasteiger partial charge is 0.387 e. The van der Waals surface area contributed by atoms with Crippen molar-refractivity contribution in [2.75, 3.05) is 0 Å². The first-order chi connectivity index (χ1) is 13.4. The Bertz CT molecular complexity index is 1200. The average Bonchev–Trinajstić information content (AvgIpc) is 2.94. The molecule has 141 valence electrons. The topological polar surface area (TPSA) is 57.2 Å². The van der Waals surface area contributed by atoms with Gasteiger partial charge in [0.15, 0.2) is 0 Å². The Morgan fingerprint density at radius 1 is 1.14 bits per heavy atom. The number of amides is 1. The number of hydrogen-bond donors (Lipinski definition) is 1. The number of nitrogens with two attached hydrogens (primary N) is 1. The Morgan fingerprint density at radius 2 is 1.93 bits per heavy atom. The second kappa shape index (κ2) is 6.92. The number of benzene rings is 3. The Morgan fingerprint density at radius 3 is 2.68 bits per heavy atom. The fourth-order valence-corrected chi connectivity index (χ4v) is 3.41. The van der Waals surface area contributed by atoms with Gasteiger partial charge in [0.05, 0.1) is 11.0 Å². The Balaban J connectivity index is 1.92. The van der Waals surface area contributed by atoms with Crippen LogP contribution in [0.3, 0.4) is 0 Å². The molecule has 0 unspecified atom stereocenters. The number of carbonyl (C=O) groups is 1. The van der Waals surface area contributed by atoms with Gasteiger partial charge in [-0.15, -0.1) is 0 Å². The van der Waals surface area contributed by atoms with Crippen molar-refractivity contribution in [3.8, 4) is 5.75 Å². The zero-order valence-electron chi connectivity index (χ0n) is 14.5. The van der Waals surface area contributed by atoms with Crippen LogP contribution in [0.25, 0.3) is 21.8 Å². The highest BCUT2D eigenvalue weighted by molar-refractivity contribution is 6.17. The van der Waals surface area contributed by atoms with Gasteiger partial charge in [0.2, 0.25) is 5.91 Å². The Kier molecular flexibility index (Phi) is 4.43. The van der Waals surface area contributed by atoms with Crippen molar-refractivity contribution in [1.82, 2.24) is 4.57 Å². The lowest BCUT2D eigenvalue weighted by Crippen LogP contribution is -2.11. The molecular weight excluding hydrogens is 369 g/mol. The molecule has 1 heterocycles. The van der Waals surface area contributed by atoms with E-state index >= 15 is 0 Å². The van der Waals surface area contributed by atoms with Crippen LogP contribution in [0.15, 0.2) is 54.6 Å². The van der Waals surface area contributed by atoms with Crippen LogP contribution in [0, 0.1) is 11.9 Å². The molecule has 0 spiro atoms. The third-order valence-electron chi connectivity index (χ3n) is 4.49. The fourth-order valence-electron chi connectivity index (χ4n) is 3.41. The molecular formula is C21H14F3N2O2. The molecule has 0 saturated carbocycles. The molecule has 0 aliphatic carbocycles. The highest BCUT2D eigenvalue weighted by atomic mass is 19.3. The number of fused-ring (bicyclic) bond motifs is 3. The molecule has 4 rings (SSSR count). The SMILES string of the molecule is NC(=O)c1cccc2c1c1[c]cc(F)cc1n2Cc1cccc(OC(F)F)c1. The van der Waals surface area contributed by atoms with Gasteiger partial charge in [-0.3, -0.25) is 4.79 Å². The minimum Gasteiger partial charge on any atom is -0.435 e. The average molecular weight is 383 g/mol. The molecule has 0 aliphatic rings. The lowest BCUT2D eigenvalue weighted by Gasteiger charge is -2.10. The van der Waals surface area contributed by atoms with Crippen LogP contribution in [-0.4, -0.2) is 17.1 Å². The molecule has 1 radical (unpaired) electrons. The van der Waals surface area contributed by atoms with Gasteiger partial charge in [0.1, 0.15) is 11.6 Å². The fraction of sp³-hybridized carbons (Fsp3) is 0.0952. The molecule has 7 heteroatoms. The maximum atomic E-state index is 13.9. The molecule has 1 aromatic heterocycles. The number of alkyl halides is 2. The maximum Gasteiger partial charge on any atom is 0.387 e. The van der Waals surface area contributed by atoms with Crippen molar-refractivity contribution in [2.24, 2.45) is 5.73 Å². The van der Waals surface area contributed by atoms with E-state index < -0.39 is 18.3 Å². The second-order valence-corrected chi connectivity index (χ2v) is 6.25. The normalized spacial score (nSPS) is 11.4. The van der Waals surface area contributed by atoms with Gasteiger partial charge in [0, 0.05) is 22.9 Å². The lowest BCUT2D eigenvalue weighted by atomic mass is 10.1. The summed E-state index contributed by atoms with van der Waals surface area (Å²) in [6.45, 7) is -2.68. The minimum atomic E-state index is -2.93. The quantitative estimate of drug-likeness (QED) is 0.552. The number of primary amides is 1. The van der Waals surface area contributed by atoms with Gasteiger partial charge in [-0.05, 0) is 48.0 Å². The number of halogens is 3. The van der Waals surface area contributed by atoms with E-state index in [4.69, 9.17) is 5.73 Å². The summed E-state index contributed by atoms with van der Waals surface area (Å²) >= 11 is 0. The molecule has 2 N–H and O–H groups in total. The van der Waals surface area contributed by atoms with E-state index in [9.17, 15) is 18.0 Å². The van der Waals surface area contributed by atoms with Crippen LogP contribution in [0.2, 0.25) is 0 Å². The van der Waals surface area contributed by atoms with Crippen molar-refractivity contribution in [1.29, 1.82) is 0 Å². The standard InChI is InChI=1S/C21H14F3N2O2/c22-13-7-8-15-18(10-13)26(17-6-2-5-16(19(15)17)20(25)27)11-12-3-1-4-14(9-12)28-21(23)24/h1-7,9-10,21H,11H2,(H2,25,27). The van der Waals surface area contributed by atoms with Crippen LogP contribution in [-0.2, 0) is 6.54 Å². The molecule has 0 fully saturated rings. The molecule has 28 heavy (non-hydrogen) atoms. The number of carbonyl (C=O) groups excluding carboxylic acids is 1. The molecule has 0 saturated heterocycles. The molecule has 0 atom stereocenters. The first kappa shape index (κ1) is 17.9. The van der Waals surface area contributed by atoms with Gasteiger partial charge in [0.25, 0.3) is 0 Å². The van der Waals surface area contributed by atoms with E-state index in [-0.39, 0.29) is 12.3 Å². The van der Waals surface area contributed by atoms with Gasteiger partial charge >= 0.3 is 6.61 Å². The molecule has 4 nitrogen and oxygen atoms in total. The second-order valence-electron chi connectivity index (χ2n) is 6.25. The van der Waals surface area contributed by atoms with Crippen molar-refractivity contribution < 1.29 is 22.7 Å². The zero-order valence-corrected chi connectivity index (χ0v) is 14.5. The molecule has 4 aromatic rings. The van der Waals surface area contributed by atoms with E-state index in [2.05, 4.69) is 10.8 Å². The number of hydrogen-bond acceptors (Lipinski definition) is 2. The summed E-state index contributed by atoms with van der Waals surface area (Å²) in [6, 6.07) is 16.8. The Labute approximate surface area is 157 Å². The third-order valence-corrected chi connectivity index (χ3v) is 4.49. The molecule has 0 bridgehead atoms. The predicted molar refractivity (Wildman–Crippen MR) is 98.9 cm³/mol. The Hall–Kier alpha value is -3.48. The monoisotopic (exact) mass is 383 g/mol. The minimum absolute atomic E-state index is 0.0313. The summed E-state index contributed by atoms with van der Waals surface area (Å²) in [5.41, 5.74) is 7.66. The van der Waals surface area contributed by atoms with Crippen molar-refractivity contribution in [3.05, 3.63) is 77.6 Å².